The van der Waals surface area contributed by atoms with Crippen LogP contribution in [-0.4, -0.2) is 51.7 Å². The van der Waals surface area contributed by atoms with Gasteiger partial charge in [-0.25, -0.2) is 0 Å². The number of rotatable bonds is 4. The maximum Gasteiger partial charge on any atom is 0.289 e. The predicted octanol–water partition coefficient (Wildman–Crippen LogP) is 2.09. The SMILES string of the molecule is CCC(C(=O)N1CC(N2C(=O)CSC2=O)C1)c1ccccc1. The molecule has 1 aromatic rings. The number of likely N-dealkylation sites (tertiary alicyclic amines) is 1. The molecule has 2 saturated heterocycles. The Morgan fingerprint density at radius 1 is 1.27 bits per heavy atom. The van der Waals surface area contributed by atoms with Gasteiger partial charge < -0.3 is 4.90 Å². The first kappa shape index (κ1) is 15.1. The molecule has 0 aliphatic carbocycles. The Morgan fingerprint density at radius 2 is 1.95 bits per heavy atom. The third kappa shape index (κ3) is 2.63. The molecular formula is C16H18N2O3S. The number of amides is 3. The number of carbonyl (C=O) groups is 3. The highest BCUT2D eigenvalue weighted by atomic mass is 32.2. The van der Waals surface area contributed by atoms with Crippen molar-refractivity contribution in [2.24, 2.45) is 0 Å². The number of hydrogen-bond donors (Lipinski definition) is 0. The molecule has 2 aliphatic heterocycles. The maximum atomic E-state index is 12.6. The van der Waals surface area contributed by atoms with Crippen LogP contribution in [0.25, 0.3) is 0 Å². The fraction of sp³-hybridized carbons (Fsp3) is 0.438. The second-order valence-electron chi connectivity index (χ2n) is 5.59. The number of nitrogens with zero attached hydrogens (tertiary/aromatic N) is 2. The summed E-state index contributed by atoms with van der Waals surface area (Å²) in [7, 11) is 0. The molecule has 1 atom stereocenters. The minimum absolute atomic E-state index is 0.0803. The van der Waals surface area contributed by atoms with Crippen LogP contribution in [0.5, 0.6) is 0 Å². The van der Waals surface area contributed by atoms with E-state index in [4.69, 9.17) is 0 Å². The van der Waals surface area contributed by atoms with Crippen molar-refractivity contribution in [2.75, 3.05) is 18.8 Å². The van der Waals surface area contributed by atoms with Gasteiger partial charge in [0.15, 0.2) is 0 Å². The molecule has 6 heteroatoms. The van der Waals surface area contributed by atoms with Crippen molar-refractivity contribution in [3.63, 3.8) is 0 Å². The van der Waals surface area contributed by atoms with Crippen molar-refractivity contribution < 1.29 is 14.4 Å². The van der Waals surface area contributed by atoms with E-state index in [1.165, 1.54) is 4.90 Å². The summed E-state index contributed by atoms with van der Waals surface area (Å²) in [5.74, 6) is 0.0191. The minimum atomic E-state index is -0.183. The topological polar surface area (TPSA) is 57.7 Å². The number of hydrogen-bond acceptors (Lipinski definition) is 4. The van der Waals surface area contributed by atoms with Gasteiger partial charge in [-0.05, 0) is 12.0 Å². The lowest BCUT2D eigenvalue weighted by molar-refractivity contribution is -0.143. The van der Waals surface area contributed by atoms with E-state index in [2.05, 4.69) is 0 Å². The fourth-order valence-corrected chi connectivity index (χ4v) is 3.75. The molecule has 1 unspecified atom stereocenters. The van der Waals surface area contributed by atoms with E-state index in [0.29, 0.717) is 13.1 Å². The summed E-state index contributed by atoms with van der Waals surface area (Å²) >= 11 is 1.04. The van der Waals surface area contributed by atoms with Gasteiger partial charge in [0.05, 0.1) is 17.7 Å². The smallest absolute Gasteiger partial charge is 0.289 e. The second kappa shape index (κ2) is 6.12. The molecule has 1 aromatic carbocycles. The molecule has 2 heterocycles. The maximum absolute atomic E-state index is 12.6. The standard InChI is InChI=1S/C16H18N2O3S/c1-2-13(11-6-4-3-5-7-11)15(20)17-8-12(9-17)18-14(19)10-22-16(18)21/h3-7,12-13H,2,8-10H2,1H3. The molecule has 5 nitrogen and oxygen atoms in total. The average molecular weight is 318 g/mol. The van der Waals surface area contributed by atoms with Gasteiger partial charge in [-0.2, -0.15) is 0 Å². The highest BCUT2D eigenvalue weighted by molar-refractivity contribution is 8.14. The van der Waals surface area contributed by atoms with Crippen molar-refractivity contribution in [2.45, 2.75) is 25.3 Å². The molecule has 3 amide bonds. The quantitative estimate of drug-likeness (QED) is 0.853. The Kier molecular flexibility index (Phi) is 4.20. The van der Waals surface area contributed by atoms with Crippen molar-refractivity contribution in [3.05, 3.63) is 35.9 Å². The molecule has 22 heavy (non-hydrogen) atoms. The van der Waals surface area contributed by atoms with Crippen molar-refractivity contribution in [1.29, 1.82) is 0 Å². The summed E-state index contributed by atoms with van der Waals surface area (Å²) < 4.78 is 0. The number of benzene rings is 1. The fourth-order valence-electron chi connectivity index (χ4n) is 2.97. The largest absolute Gasteiger partial charge is 0.338 e. The molecule has 0 saturated carbocycles. The Balaban J connectivity index is 1.63. The predicted molar refractivity (Wildman–Crippen MR) is 84.5 cm³/mol. The Labute approximate surface area is 133 Å². The summed E-state index contributed by atoms with van der Waals surface area (Å²) in [6.45, 7) is 2.91. The molecule has 2 aliphatic rings. The summed E-state index contributed by atoms with van der Waals surface area (Å²) in [5, 5.41) is -0.183. The molecule has 0 bridgehead atoms. The Bertz CT molecular complexity index is 583. The lowest BCUT2D eigenvalue weighted by atomic mass is 9.93. The van der Waals surface area contributed by atoms with E-state index >= 15 is 0 Å². The van der Waals surface area contributed by atoms with Crippen LogP contribution in [0.1, 0.15) is 24.8 Å². The van der Waals surface area contributed by atoms with Crippen molar-refractivity contribution in [1.82, 2.24) is 9.80 Å². The molecule has 0 radical (unpaired) electrons. The molecule has 116 valence electrons. The third-order valence-electron chi connectivity index (χ3n) is 4.23. The van der Waals surface area contributed by atoms with E-state index in [-0.39, 0.29) is 34.8 Å². The highest BCUT2D eigenvalue weighted by Gasteiger charge is 2.44. The van der Waals surface area contributed by atoms with Gasteiger partial charge in [-0.1, -0.05) is 49.0 Å². The van der Waals surface area contributed by atoms with E-state index in [0.717, 1.165) is 23.7 Å². The molecule has 0 aromatic heterocycles. The van der Waals surface area contributed by atoms with Crippen LogP contribution in [0.3, 0.4) is 0 Å². The van der Waals surface area contributed by atoms with Crippen LogP contribution in [0.4, 0.5) is 4.79 Å². The molecular weight excluding hydrogens is 300 g/mol. The second-order valence-corrected chi connectivity index (χ2v) is 6.51. The number of imide groups is 1. The van der Waals surface area contributed by atoms with Crippen LogP contribution in [0, 0.1) is 0 Å². The zero-order chi connectivity index (χ0) is 15.7. The lowest BCUT2D eigenvalue weighted by Crippen LogP contribution is -2.62. The van der Waals surface area contributed by atoms with Gasteiger partial charge in [0.1, 0.15) is 0 Å². The summed E-state index contributed by atoms with van der Waals surface area (Å²) in [4.78, 5) is 39.0. The highest BCUT2D eigenvalue weighted by Crippen LogP contribution is 2.29. The Morgan fingerprint density at radius 3 is 2.50 bits per heavy atom. The van der Waals surface area contributed by atoms with E-state index in [1.807, 2.05) is 37.3 Å². The van der Waals surface area contributed by atoms with Gasteiger partial charge in [0.25, 0.3) is 5.24 Å². The van der Waals surface area contributed by atoms with Crippen LogP contribution in [0.2, 0.25) is 0 Å². The average Bonchev–Trinajstić information content (AvgIpc) is 2.80. The van der Waals surface area contributed by atoms with E-state index in [9.17, 15) is 14.4 Å². The van der Waals surface area contributed by atoms with Crippen LogP contribution in [-0.2, 0) is 9.59 Å². The first-order valence-corrected chi connectivity index (χ1v) is 8.43. The van der Waals surface area contributed by atoms with Gasteiger partial charge in [0, 0.05) is 13.1 Å². The number of thioether (sulfide) groups is 1. The first-order valence-electron chi connectivity index (χ1n) is 7.44. The number of carbonyl (C=O) groups excluding carboxylic acids is 3. The molecule has 2 fully saturated rings. The Hall–Kier alpha value is -1.82. The first-order chi connectivity index (χ1) is 10.6. The van der Waals surface area contributed by atoms with Crippen LogP contribution < -0.4 is 0 Å². The van der Waals surface area contributed by atoms with E-state index in [1.54, 1.807) is 4.90 Å². The monoisotopic (exact) mass is 318 g/mol. The third-order valence-corrected chi connectivity index (χ3v) is 5.07. The zero-order valence-electron chi connectivity index (χ0n) is 12.4. The normalized spacial score (nSPS) is 20.2. The van der Waals surface area contributed by atoms with E-state index < -0.39 is 0 Å². The molecule has 3 rings (SSSR count). The zero-order valence-corrected chi connectivity index (χ0v) is 13.2. The van der Waals surface area contributed by atoms with Crippen LogP contribution >= 0.6 is 11.8 Å². The molecule has 0 spiro atoms. The van der Waals surface area contributed by atoms with Gasteiger partial charge in [0.2, 0.25) is 11.8 Å². The van der Waals surface area contributed by atoms with Crippen molar-refractivity contribution in [3.8, 4) is 0 Å². The van der Waals surface area contributed by atoms with Gasteiger partial charge in [-0.15, -0.1) is 0 Å². The summed E-state index contributed by atoms with van der Waals surface area (Å²) in [6, 6.07) is 9.59. The van der Waals surface area contributed by atoms with Gasteiger partial charge >= 0.3 is 0 Å². The van der Waals surface area contributed by atoms with Crippen molar-refractivity contribution >= 4 is 28.8 Å². The van der Waals surface area contributed by atoms with Gasteiger partial charge in [-0.3, -0.25) is 19.3 Å². The summed E-state index contributed by atoms with van der Waals surface area (Å²) in [5.41, 5.74) is 1.02. The lowest BCUT2D eigenvalue weighted by Gasteiger charge is -2.44. The summed E-state index contributed by atoms with van der Waals surface area (Å²) in [6.07, 6.45) is 0.738. The molecule has 0 N–H and O–H groups in total. The van der Waals surface area contributed by atoms with Crippen LogP contribution in [0.15, 0.2) is 30.3 Å². The minimum Gasteiger partial charge on any atom is -0.338 e.